The van der Waals surface area contributed by atoms with Crippen LogP contribution in [0.1, 0.15) is 36.1 Å². The maximum absolute atomic E-state index is 12.5. The summed E-state index contributed by atoms with van der Waals surface area (Å²) in [6, 6.07) is 36.2. The van der Waals surface area contributed by atoms with Crippen LogP contribution in [0.15, 0.2) is 109 Å². The largest absolute Gasteiger partial charge is 0.415 e. The molecule has 196 valence electrons. The number of hydrogen-bond acceptors (Lipinski definition) is 5. The van der Waals surface area contributed by atoms with Crippen LogP contribution in [0.5, 0.6) is 5.75 Å². The Morgan fingerprint density at radius 3 is 1.77 bits per heavy atom. The van der Waals surface area contributed by atoms with E-state index in [9.17, 15) is 4.79 Å². The number of tetrazole rings is 1. The number of ether oxygens (including phenoxy) is 1. The van der Waals surface area contributed by atoms with Crippen molar-refractivity contribution in [3.05, 3.63) is 131 Å². The number of benzene rings is 4. The molecule has 0 radical (unpaired) electrons. The van der Waals surface area contributed by atoms with Gasteiger partial charge >= 0.3 is 6.09 Å². The summed E-state index contributed by atoms with van der Waals surface area (Å²) in [5.41, 5.74) is 3.79. The van der Waals surface area contributed by atoms with Crippen molar-refractivity contribution in [1.82, 2.24) is 25.1 Å². The first-order valence-corrected chi connectivity index (χ1v) is 13.1. The second-order valence-electron chi connectivity index (χ2n) is 9.23. The highest BCUT2D eigenvalue weighted by Crippen LogP contribution is 2.40. The highest BCUT2D eigenvalue weighted by molar-refractivity contribution is 5.71. The molecule has 0 N–H and O–H groups in total. The molecular weight excluding hydrogens is 486 g/mol. The van der Waals surface area contributed by atoms with Gasteiger partial charge in [0.05, 0.1) is 0 Å². The maximum Gasteiger partial charge on any atom is 0.415 e. The molecule has 0 fully saturated rings. The van der Waals surface area contributed by atoms with Gasteiger partial charge in [0.1, 0.15) is 5.75 Å². The zero-order chi connectivity index (χ0) is 27.2. The summed E-state index contributed by atoms with van der Waals surface area (Å²) in [7, 11) is 0. The van der Waals surface area contributed by atoms with Gasteiger partial charge in [0.25, 0.3) is 0 Å². The lowest BCUT2D eigenvalue weighted by Crippen LogP contribution is -2.39. The van der Waals surface area contributed by atoms with Gasteiger partial charge in [-0.1, -0.05) is 91.0 Å². The smallest absolute Gasteiger partial charge is 0.410 e. The summed E-state index contributed by atoms with van der Waals surface area (Å²) in [5, 5.41) is 14.1. The van der Waals surface area contributed by atoms with Crippen molar-refractivity contribution in [2.75, 3.05) is 13.1 Å². The first-order valence-electron chi connectivity index (χ1n) is 13.1. The zero-order valence-electron chi connectivity index (χ0n) is 22.4. The number of aromatic nitrogens is 4. The molecule has 1 heterocycles. The molecule has 0 aliphatic heterocycles. The Labute approximate surface area is 228 Å². The first-order chi connectivity index (χ1) is 19.1. The molecular formula is C32H31N5O2. The number of aryl methyl sites for hydroxylation is 1. The van der Waals surface area contributed by atoms with Crippen molar-refractivity contribution in [2.24, 2.45) is 0 Å². The van der Waals surface area contributed by atoms with E-state index in [1.165, 1.54) is 0 Å². The quantitative estimate of drug-likeness (QED) is 0.225. The third-order valence-electron chi connectivity index (χ3n) is 6.94. The summed E-state index contributed by atoms with van der Waals surface area (Å²) < 4.78 is 5.64. The second kappa shape index (κ2) is 11.3. The van der Waals surface area contributed by atoms with E-state index in [4.69, 9.17) is 9.84 Å². The van der Waals surface area contributed by atoms with E-state index in [0.717, 1.165) is 27.8 Å². The monoisotopic (exact) mass is 517 g/mol. The molecule has 0 atom stereocenters. The molecule has 0 aliphatic carbocycles. The summed E-state index contributed by atoms with van der Waals surface area (Å²) >= 11 is 0. The van der Waals surface area contributed by atoms with Gasteiger partial charge in [-0.05, 0) is 66.4 Å². The third kappa shape index (κ3) is 4.91. The first kappa shape index (κ1) is 25.9. The highest BCUT2D eigenvalue weighted by Gasteiger charge is 2.41. The minimum atomic E-state index is -0.844. The van der Waals surface area contributed by atoms with Crippen LogP contribution >= 0.6 is 0 Å². The van der Waals surface area contributed by atoms with Crippen LogP contribution in [-0.2, 0) is 5.54 Å². The van der Waals surface area contributed by atoms with Gasteiger partial charge in [0.2, 0.25) is 5.82 Å². The van der Waals surface area contributed by atoms with Crippen molar-refractivity contribution in [2.45, 2.75) is 26.3 Å². The lowest BCUT2D eigenvalue weighted by atomic mass is 9.77. The van der Waals surface area contributed by atoms with Crippen molar-refractivity contribution in [1.29, 1.82) is 0 Å². The fraction of sp³-hybridized carbons (Fsp3) is 0.188. The summed E-state index contributed by atoms with van der Waals surface area (Å²) in [5.74, 6) is 0.988. The lowest BCUT2D eigenvalue weighted by molar-refractivity contribution is 0.157. The molecule has 1 aromatic heterocycles. The Balaban J connectivity index is 1.60. The molecule has 7 nitrogen and oxygen atoms in total. The Kier molecular flexibility index (Phi) is 7.50. The Hall–Kier alpha value is -4.78. The van der Waals surface area contributed by atoms with E-state index in [-0.39, 0.29) is 6.09 Å². The third-order valence-corrected chi connectivity index (χ3v) is 6.94. The molecule has 5 aromatic rings. The van der Waals surface area contributed by atoms with Gasteiger partial charge in [-0.3, -0.25) is 0 Å². The average molecular weight is 518 g/mol. The molecule has 0 saturated heterocycles. The van der Waals surface area contributed by atoms with Gasteiger partial charge in [-0.2, -0.15) is 0 Å². The summed E-state index contributed by atoms with van der Waals surface area (Å²) in [6.07, 6.45) is -0.363. The number of nitrogens with zero attached hydrogens (tertiary/aromatic N) is 5. The fourth-order valence-electron chi connectivity index (χ4n) is 4.90. The van der Waals surface area contributed by atoms with Crippen LogP contribution in [0.2, 0.25) is 0 Å². The molecule has 7 heteroatoms. The Bertz CT molecular complexity index is 1430. The predicted molar refractivity (Wildman–Crippen MR) is 152 cm³/mol. The van der Waals surface area contributed by atoms with Crippen LogP contribution in [-0.4, -0.2) is 44.3 Å². The standard InChI is InChI=1S/C32H31N5O2/c1-4-36(5-2)31(38)39-29-22-21-25(23-24(29)3)30-33-35-37(34-30)32(26-15-9-6-10-16-26,27-17-11-7-12-18-27)28-19-13-8-14-20-28/h6-23H,4-5H2,1-3H3. The molecule has 0 aliphatic rings. The number of rotatable bonds is 8. The second-order valence-corrected chi connectivity index (χ2v) is 9.23. The van der Waals surface area contributed by atoms with Crippen LogP contribution in [0.4, 0.5) is 4.79 Å². The number of carbonyl (C=O) groups excluding carboxylic acids is 1. The summed E-state index contributed by atoms with van der Waals surface area (Å²) in [4.78, 5) is 15.8. The van der Waals surface area contributed by atoms with Crippen LogP contribution in [0.25, 0.3) is 11.4 Å². The predicted octanol–water partition coefficient (Wildman–Crippen LogP) is 6.33. The van der Waals surface area contributed by atoms with Crippen LogP contribution < -0.4 is 4.74 Å². The topological polar surface area (TPSA) is 73.1 Å². The molecule has 0 spiro atoms. The number of hydrogen-bond donors (Lipinski definition) is 0. The molecule has 1 amide bonds. The molecule has 0 saturated carbocycles. The van der Waals surface area contributed by atoms with E-state index in [1.54, 1.807) is 15.8 Å². The Morgan fingerprint density at radius 2 is 1.31 bits per heavy atom. The summed E-state index contributed by atoms with van der Waals surface area (Å²) in [6.45, 7) is 6.93. The molecule has 0 bridgehead atoms. The minimum Gasteiger partial charge on any atom is -0.410 e. The minimum absolute atomic E-state index is 0.363. The molecule has 0 unspecified atom stereocenters. The zero-order valence-corrected chi connectivity index (χ0v) is 22.4. The number of amides is 1. The average Bonchev–Trinajstić information content (AvgIpc) is 3.47. The number of carbonyl (C=O) groups is 1. The van der Waals surface area contributed by atoms with Gasteiger partial charge < -0.3 is 9.64 Å². The van der Waals surface area contributed by atoms with Crippen molar-refractivity contribution < 1.29 is 9.53 Å². The van der Waals surface area contributed by atoms with Crippen LogP contribution in [0.3, 0.4) is 0 Å². The SMILES string of the molecule is CCN(CC)C(=O)Oc1ccc(-c2nnn(C(c3ccccc3)(c3ccccc3)c3ccccc3)n2)cc1C. The van der Waals surface area contributed by atoms with E-state index < -0.39 is 5.54 Å². The molecule has 4 aromatic carbocycles. The van der Waals surface area contributed by atoms with Gasteiger partial charge in [0, 0.05) is 18.7 Å². The Morgan fingerprint density at radius 1 is 0.795 bits per heavy atom. The van der Waals surface area contributed by atoms with Crippen molar-refractivity contribution >= 4 is 6.09 Å². The lowest BCUT2D eigenvalue weighted by Gasteiger charge is -2.34. The van der Waals surface area contributed by atoms with E-state index in [0.29, 0.717) is 24.7 Å². The highest BCUT2D eigenvalue weighted by atomic mass is 16.6. The maximum atomic E-state index is 12.5. The van der Waals surface area contributed by atoms with Gasteiger partial charge in [-0.15, -0.1) is 15.0 Å². The molecule has 5 rings (SSSR count). The van der Waals surface area contributed by atoms with Crippen molar-refractivity contribution in [3.63, 3.8) is 0 Å². The van der Waals surface area contributed by atoms with Crippen LogP contribution in [0, 0.1) is 6.92 Å². The van der Waals surface area contributed by atoms with E-state index in [2.05, 4.69) is 46.7 Å². The van der Waals surface area contributed by atoms with Crippen molar-refractivity contribution in [3.8, 4) is 17.1 Å². The van der Waals surface area contributed by atoms with E-state index >= 15 is 0 Å². The van der Waals surface area contributed by atoms with Gasteiger partial charge in [0.15, 0.2) is 5.54 Å². The fourth-order valence-corrected chi connectivity index (χ4v) is 4.90. The molecule has 39 heavy (non-hydrogen) atoms. The normalized spacial score (nSPS) is 11.3. The van der Waals surface area contributed by atoms with Gasteiger partial charge in [-0.25, -0.2) is 4.79 Å². The van der Waals surface area contributed by atoms with E-state index in [1.807, 2.05) is 87.5 Å².